The maximum absolute atomic E-state index is 10.6. The van der Waals surface area contributed by atoms with Gasteiger partial charge in [0.1, 0.15) is 6.61 Å². The first-order valence-corrected chi connectivity index (χ1v) is 4.54. The van der Waals surface area contributed by atoms with Crippen LogP contribution in [0.25, 0.3) is 0 Å². The zero-order chi connectivity index (χ0) is 8.20. The van der Waals surface area contributed by atoms with Gasteiger partial charge in [0.15, 0.2) is 0 Å². The molecule has 6 heteroatoms. The summed E-state index contributed by atoms with van der Waals surface area (Å²) in [7, 11) is 0. The third kappa shape index (κ3) is 4.61. The molecule has 0 fully saturated rings. The first kappa shape index (κ1) is 10.8. The molecule has 0 saturated carbocycles. The van der Waals surface area contributed by atoms with E-state index in [2.05, 4.69) is 20.7 Å². The van der Waals surface area contributed by atoms with Crippen molar-refractivity contribution in [3.05, 3.63) is 0 Å². The molecule has 0 aliphatic carbocycles. The molecule has 60 valence electrons. The third-order valence-corrected chi connectivity index (χ3v) is 1.33. The standard InChI is InChI=1S/C4H4BrCl3O2/c5-1-2-10-3(9)4(6,7)8/h1-2H2. The number of rotatable bonds is 2. The summed E-state index contributed by atoms with van der Waals surface area (Å²) < 4.78 is 2.52. The normalized spacial score (nSPS) is 11.2. The van der Waals surface area contributed by atoms with Crippen LogP contribution in [0.1, 0.15) is 0 Å². The van der Waals surface area contributed by atoms with Crippen LogP contribution in [0.15, 0.2) is 0 Å². The molecule has 0 aromatic carbocycles. The number of alkyl halides is 4. The van der Waals surface area contributed by atoms with E-state index in [9.17, 15) is 4.79 Å². The molecule has 2 nitrogen and oxygen atoms in total. The van der Waals surface area contributed by atoms with E-state index in [0.29, 0.717) is 5.33 Å². The van der Waals surface area contributed by atoms with Crippen molar-refractivity contribution >= 4 is 56.7 Å². The minimum absolute atomic E-state index is 0.201. The highest BCUT2D eigenvalue weighted by atomic mass is 79.9. The van der Waals surface area contributed by atoms with Crippen LogP contribution in [-0.2, 0) is 9.53 Å². The van der Waals surface area contributed by atoms with E-state index in [-0.39, 0.29) is 6.61 Å². The lowest BCUT2D eigenvalue weighted by molar-refractivity contribution is -0.141. The van der Waals surface area contributed by atoms with Crippen LogP contribution in [0.4, 0.5) is 0 Å². The van der Waals surface area contributed by atoms with Crippen molar-refractivity contribution in [3.8, 4) is 0 Å². The van der Waals surface area contributed by atoms with Gasteiger partial charge in [0, 0.05) is 5.33 Å². The highest BCUT2D eigenvalue weighted by molar-refractivity contribution is 9.09. The Bertz CT molecular complexity index is 122. The average Bonchev–Trinajstić information content (AvgIpc) is 1.80. The van der Waals surface area contributed by atoms with Crippen LogP contribution in [0.3, 0.4) is 0 Å². The minimum Gasteiger partial charge on any atom is -0.462 e. The van der Waals surface area contributed by atoms with Gasteiger partial charge in [-0.1, -0.05) is 50.7 Å². The van der Waals surface area contributed by atoms with Crippen LogP contribution in [0, 0.1) is 0 Å². The van der Waals surface area contributed by atoms with E-state index >= 15 is 0 Å². The first-order chi connectivity index (χ1) is 4.48. The minimum atomic E-state index is -1.96. The molecule has 0 aromatic rings. The van der Waals surface area contributed by atoms with Crippen LogP contribution in [-0.4, -0.2) is 21.7 Å². The SMILES string of the molecule is O=C(OCCBr)C(Cl)(Cl)Cl. The number of halogens is 4. The van der Waals surface area contributed by atoms with Crippen molar-refractivity contribution < 1.29 is 9.53 Å². The van der Waals surface area contributed by atoms with Gasteiger partial charge < -0.3 is 4.74 Å². The van der Waals surface area contributed by atoms with Crippen molar-refractivity contribution in [2.75, 3.05) is 11.9 Å². The van der Waals surface area contributed by atoms with Gasteiger partial charge in [-0.25, -0.2) is 4.79 Å². The predicted octanol–water partition coefficient (Wildman–Crippen LogP) is 2.29. The molecule has 0 atom stereocenters. The van der Waals surface area contributed by atoms with E-state index < -0.39 is 9.76 Å². The summed E-state index contributed by atoms with van der Waals surface area (Å²) in [6.07, 6.45) is 0. The summed E-state index contributed by atoms with van der Waals surface area (Å²) >= 11 is 18.5. The van der Waals surface area contributed by atoms with E-state index in [0.717, 1.165) is 0 Å². The highest BCUT2D eigenvalue weighted by Gasteiger charge is 2.32. The number of ether oxygens (including phenoxy) is 1. The summed E-state index contributed by atoms with van der Waals surface area (Å²) in [4.78, 5) is 10.6. The van der Waals surface area contributed by atoms with Crippen molar-refractivity contribution in [2.24, 2.45) is 0 Å². The average molecular weight is 270 g/mol. The summed E-state index contributed by atoms with van der Waals surface area (Å²) in [5, 5.41) is 0.527. The second-order valence-corrected chi connectivity index (χ2v) is 4.40. The van der Waals surface area contributed by atoms with Gasteiger partial charge in [0.25, 0.3) is 3.79 Å². The second kappa shape index (κ2) is 4.65. The fourth-order valence-corrected chi connectivity index (χ4v) is 0.539. The molecule has 0 aliphatic heterocycles. The lowest BCUT2D eigenvalue weighted by atomic mass is 10.7. The van der Waals surface area contributed by atoms with Crippen molar-refractivity contribution in [1.29, 1.82) is 0 Å². The highest BCUT2D eigenvalue weighted by Crippen LogP contribution is 2.27. The molecule has 10 heavy (non-hydrogen) atoms. The molecule has 0 amide bonds. The molecule has 0 saturated heterocycles. The number of carbonyl (C=O) groups is 1. The monoisotopic (exact) mass is 268 g/mol. The first-order valence-electron chi connectivity index (χ1n) is 2.28. The predicted molar refractivity (Wildman–Crippen MR) is 45.0 cm³/mol. The summed E-state index contributed by atoms with van der Waals surface area (Å²) in [6, 6.07) is 0. The number of carbonyl (C=O) groups excluding carboxylic acids is 1. The Labute approximate surface area is 81.9 Å². The van der Waals surface area contributed by atoms with Crippen LogP contribution < -0.4 is 0 Å². The summed E-state index contributed by atoms with van der Waals surface area (Å²) in [6.45, 7) is 0.201. The van der Waals surface area contributed by atoms with E-state index in [1.165, 1.54) is 0 Å². The molecule has 0 N–H and O–H groups in total. The van der Waals surface area contributed by atoms with Crippen molar-refractivity contribution in [1.82, 2.24) is 0 Å². The lowest BCUT2D eigenvalue weighted by Gasteiger charge is -2.08. The van der Waals surface area contributed by atoms with E-state index in [1.54, 1.807) is 0 Å². The molecule has 0 aliphatic rings. The Kier molecular flexibility index (Phi) is 5.03. The zero-order valence-corrected chi connectivity index (χ0v) is 8.60. The smallest absolute Gasteiger partial charge is 0.358 e. The maximum atomic E-state index is 10.6. The third-order valence-electron chi connectivity index (χ3n) is 0.542. The fraction of sp³-hybridized carbons (Fsp3) is 0.750. The van der Waals surface area contributed by atoms with Gasteiger partial charge in [0.05, 0.1) is 0 Å². The molecule has 0 bridgehead atoms. The Balaban J connectivity index is 3.64. The van der Waals surface area contributed by atoms with Gasteiger partial charge >= 0.3 is 5.97 Å². The topological polar surface area (TPSA) is 26.3 Å². The van der Waals surface area contributed by atoms with Crippen LogP contribution in [0.5, 0.6) is 0 Å². The molecular formula is C4H4BrCl3O2. The van der Waals surface area contributed by atoms with E-state index in [1.807, 2.05) is 0 Å². The molecule has 0 heterocycles. The molecule has 0 rings (SSSR count). The van der Waals surface area contributed by atoms with Gasteiger partial charge in [-0.3, -0.25) is 0 Å². The largest absolute Gasteiger partial charge is 0.462 e. The van der Waals surface area contributed by atoms with Gasteiger partial charge in [-0.2, -0.15) is 0 Å². The van der Waals surface area contributed by atoms with Crippen molar-refractivity contribution in [2.45, 2.75) is 3.79 Å². The fourth-order valence-electron chi connectivity index (χ4n) is 0.213. The zero-order valence-electron chi connectivity index (χ0n) is 4.74. The number of hydrogen-bond donors (Lipinski definition) is 0. The van der Waals surface area contributed by atoms with Gasteiger partial charge in [-0.15, -0.1) is 0 Å². The van der Waals surface area contributed by atoms with E-state index in [4.69, 9.17) is 34.8 Å². The van der Waals surface area contributed by atoms with Crippen molar-refractivity contribution in [3.63, 3.8) is 0 Å². The van der Waals surface area contributed by atoms with Crippen LogP contribution in [0.2, 0.25) is 0 Å². The molecule has 0 unspecified atom stereocenters. The lowest BCUT2D eigenvalue weighted by Crippen LogP contribution is -2.22. The Morgan fingerprint density at radius 1 is 1.50 bits per heavy atom. The maximum Gasteiger partial charge on any atom is 0.358 e. The summed E-state index contributed by atoms with van der Waals surface area (Å²) in [5.74, 6) is -0.850. The Morgan fingerprint density at radius 3 is 2.30 bits per heavy atom. The Hall–Kier alpha value is 0.820. The molecular weight excluding hydrogens is 266 g/mol. The van der Waals surface area contributed by atoms with Gasteiger partial charge in [-0.05, 0) is 0 Å². The Morgan fingerprint density at radius 2 is 2.00 bits per heavy atom. The number of esters is 1. The van der Waals surface area contributed by atoms with Crippen LogP contribution >= 0.6 is 50.7 Å². The quantitative estimate of drug-likeness (QED) is 0.568. The number of hydrogen-bond acceptors (Lipinski definition) is 2. The van der Waals surface area contributed by atoms with Gasteiger partial charge in [0.2, 0.25) is 0 Å². The second-order valence-electron chi connectivity index (χ2n) is 1.32. The molecule has 0 aromatic heterocycles. The summed E-state index contributed by atoms with van der Waals surface area (Å²) in [5.41, 5.74) is 0. The molecule has 0 radical (unpaired) electrons. The molecule has 0 spiro atoms.